The third-order valence-electron chi connectivity index (χ3n) is 6.74. The maximum atomic E-state index is 14.3. The minimum absolute atomic E-state index is 0.166. The second kappa shape index (κ2) is 9.44. The zero-order valence-electron chi connectivity index (χ0n) is 19.0. The highest BCUT2D eigenvalue weighted by atomic mass is 32.1. The fraction of sp³-hybridized carbons (Fsp3) is 0.565. The lowest BCUT2D eigenvalue weighted by Crippen LogP contribution is -2.54. The van der Waals surface area contributed by atoms with E-state index in [-0.39, 0.29) is 18.8 Å². The van der Waals surface area contributed by atoms with Crippen LogP contribution in [0.3, 0.4) is 0 Å². The van der Waals surface area contributed by atoms with Crippen molar-refractivity contribution in [1.82, 2.24) is 24.8 Å². The summed E-state index contributed by atoms with van der Waals surface area (Å²) in [6.45, 7) is 2.38. The molecule has 3 aromatic rings. The van der Waals surface area contributed by atoms with Gasteiger partial charge in [-0.15, -0.1) is 11.3 Å². The third-order valence-corrected chi connectivity index (χ3v) is 7.62. The summed E-state index contributed by atoms with van der Waals surface area (Å²) < 4.78 is 42.0. The van der Waals surface area contributed by atoms with Crippen LogP contribution >= 0.6 is 11.3 Å². The predicted molar refractivity (Wildman–Crippen MR) is 126 cm³/mol. The number of fused-ring (bicyclic) bond motifs is 3. The van der Waals surface area contributed by atoms with Crippen LogP contribution in [0.5, 0.6) is 0 Å². The minimum atomic E-state index is -3.22. The summed E-state index contributed by atoms with van der Waals surface area (Å²) in [5, 5.41) is 12.7. The van der Waals surface area contributed by atoms with Crippen molar-refractivity contribution < 1.29 is 18.3 Å². The summed E-state index contributed by atoms with van der Waals surface area (Å²) >= 11 is 1.55. The molecule has 2 aliphatic rings. The molecule has 2 atom stereocenters. The Morgan fingerprint density at radius 2 is 2.12 bits per heavy atom. The van der Waals surface area contributed by atoms with Gasteiger partial charge in [-0.1, -0.05) is 0 Å². The number of nitrogens with zero attached hydrogens (tertiary/aromatic N) is 4. The van der Waals surface area contributed by atoms with E-state index < -0.39 is 25.1 Å². The summed E-state index contributed by atoms with van der Waals surface area (Å²) in [5.41, 5.74) is 6.03. The molecule has 1 saturated heterocycles. The van der Waals surface area contributed by atoms with Gasteiger partial charge in [-0.05, 0) is 37.5 Å². The lowest BCUT2D eigenvalue weighted by Gasteiger charge is -2.41. The second-order valence-electron chi connectivity index (χ2n) is 9.30. The molecule has 0 radical (unpaired) electrons. The Morgan fingerprint density at radius 1 is 1.29 bits per heavy atom. The normalized spacial score (nSPS) is 22.1. The fourth-order valence-corrected chi connectivity index (χ4v) is 5.86. The molecule has 11 heteroatoms. The number of aromatic amines is 1. The van der Waals surface area contributed by atoms with Gasteiger partial charge in [-0.2, -0.15) is 0 Å². The number of aliphatic hydroxyl groups excluding tert-OH is 1. The van der Waals surface area contributed by atoms with Crippen LogP contribution in [0.1, 0.15) is 36.3 Å². The molecule has 0 aromatic carbocycles. The Kier molecular flexibility index (Phi) is 6.54. The molecular formula is C23H29F3N6OS. The molecule has 5 heterocycles. The van der Waals surface area contributed by atoms with Crippen LogP contribution in [0.4, 0.5) is 18.9 Å². The first-order valence-electron chi connectivity index (χ1n) is 11.6. The molecule has 34 heavy (non-hydrogen) atoms. The zero-order chi connectivity index (χ0) is 23.9. The van der Waals surface area contributed by atoms with Crippen molar-refractivity contribution in [3.05, 3.63) is 40.8 Å². The summed E-state index contributed by atoms with van der Waals surface area (Å²) in [7, 11) is 0. The topological polar surface area (TPSA) is 80.3 Å². The van der Waals surface area contributed by atoms with Crippen molar-refractivity contribution in [1.29, 1.82) is 0 Å². The van der Waals surface area contributed by atoms with Gasteiger partial charge in [0.15, 0.2) is 0 Å². The van der Waals surface area contributed by atoms with Gasteiger partial charge in [0, 0.05) is 31.4 Å². The lowest BCUT2D eigenvalue weighted by molar-refractivity contribution is -0.0867. The fourth-order valence-electron chi connectivity index (χ4n) is 5.04. The molecule has 3 N–H and O–H groups in total. The summed E-state index contributed by atoms with van der Waals surface area (Å²) in [5.74, 6) is -3.22. The van der Waals surface area contributed by atoms with E-state index in [9.17, 15) is 18.3 Å². The van der Waals surface area contributed by atoms with Gasteiger partial charge in [0.05, 0.1) is 53.1 Å². The molecule has 0 spiro atoms. The Bertz CT molecular complexity index is 1110. The van der Waals surface area contributed by atoms with Crippen molar-refractivity contribution in [3.63, 3.8) is 0 Å². The number of hydrogen-bond donors (Lipinski definition) is 3. The van der Waals surface area contributed by atoms with E-state index >= 15 is 0 Å². The highest BCUT2D eigenvalue weighted by molar-refractivity contribution is 7.16. The Labute approximate surface area is 200 Å². The van der Waals surface area contributed by atoms with Gasteiger partial charge >= 0.3 is 0 Å². The number of halogens is 3. The van der Waals surface area contributed by atoms with E-state index in [0.717, 1.165) is 46.9 Å². The van der Waals surface area contributed by atoms with Crippen LogP contribution in [-0.4, -0.2) is 87.3 Å². The molecule has 0 aliphatic carbocycles. The zero-order valence-corrected chi connectivity index (χ0v) is 19.8. The maximum absolute atomic E-state index is 14.3. The summed E-state index contributed by atoms with van der Waals surface area (Å²) in [6.07, 6.45) is 2.92. The van der Waals surface area contributed by atoms with E-state index in [1.807, 2.05) is 19.1 Å². The minimum Gasteiger partial charge on any atom is -0.390 e. The maximum Gasteiger partial charge on any atom is 0.283 e. The Morgan fingerprint density at radius 3 is 2.82 bits per heavy atom. The van der Waals surface area contributed by atoms with E-state index in [0.29, 0.717) is 18.5 Å². The SMILES string of the molecule is CC1Cc2c([nH]c3ncsc23)C(c2ccc(NC3CN(CCCF)C3)cn2)N1CC(F)(F)CO. The molecule has 0 bridgehead atoms. The number of thiazole rings is 1. The molecule has 2 unspecified atom stereocenters. The van der Waals surface area contributed by atoms with Crippen LogP contribution in [0.15, 0.2) is 23.8 Å². The van der Waals surface area contributed by atoms with Crippen LogP contribution in [-0.2, 0) is 6.42 Å². The number of aliphatic hydroxyl groups is 1. The average molecular weight is 495 g/mol. The van der Waals surface area contributed by atoms with E-state index in [4.69, 9.17) is 0 Å². The van der Waals surface area contributed by atoms with E-state index in [1.54, 1.807) is 27.9 Å². The Hall–Kier alpha value is -2.21. The van der Waals surface area contributed by atoms with Crippen LogP contribution in [0.25, 0.3) is 10.3 Å². The van der Waals surface area contributed by atoms with E-state index in [2.05, 4.69) is 25.2 Å². The highest BCUT2D eigenvalue weighted by Gasteiger charge is 2.42. The molecule has 5 rings (SSSR count). The van der Waals surface area contributed by atoms with Gasteiger partial charge in [0.1, 0.15) is 12.3 Å². The lowest BCUT2D eigenvalue weighted by atomic mass is 9.91. The van der Waals surface area contributed by atoms with Crippen molar-refractivity contribution in [3.8, 4) is 0 Å². The second-order valence-corrected chi connectivity index (χ2v) is 10.2. The first kappa shape index (κ1) is 23.5. The quantitative estimate of drug-likeness (QED) is 0.423. The standard InChI is InChI=1S/C23H29F3N6OS/c1-14-7-17-19(30-22-21(17)34-13-28-22)20(32(14)11-23(25,26)12-33)18-4-3-15(8-27-18)29-16-9-31(10-16)6-2-5-24/h3-4,8,13-14,16,20,29-30,33H,2,5-7,9-12H2,1H3. The van der Waals surface area contributed by atoms with Gasteiger partial charge in [0.2, 0.25) is 0 Å². The number of rotatable bonds is 9. The average Bonchev–Trinajstić information content (AvgIpc) is 3.38. The van der Waals surface area contributed by atoms with Crippen molar-refractivity contribution in [2.75, 3.05) is 44.8 Å². The number of nitrogens with one attached hydrogen (secondary N) is 2. The number of anilines is 1. The summed E-state index contributed by atoms with van der Waals surface area (Å²) in [4.78, 5) is 16.3. The molecule has 3 aromatic heterocycles. The number of hydrogen-bond acceptors (Lipinski definition) is 7. The first-order chi connectivity index (χ1) is 16.4. The molecule has 184 valence electrons. The van der Waals surface area contributed by atoms with Crippen molar-refractivity contribution in [2.45, 2.75) is 43.8 Å². The van der Waals surface area contributed by atoms with Crippen LogP contribution in [0.2, 0.25) is 0 Å². The predicted octanol–water partition coefficient (Wildman–Crippen LogP) is 3.44. The number of aromatic nitrogens is 3. The molecule has 7 nitrogen and oxygen atoms in total. The molecule has 0 saturated carbocycles. The number of H-pyrrole nitrogens is 1. The van der Waals surface area contributed by atoms with Crippen molar-refractivity contribution in [2.24, 2.45) is 0 Å². The first-order valence-corrected chi connectivity index (χ1v) is 12.5. The van der Waals surface area contributed by atoms with E-state index in [1.165, 1.54) is 0 Å². The largest absolute Gasteiger partial charge is 0.390 e. The van der Waals surface area contributed by atoms with Gasteiger partial charge < -0.3 is 15.4 Å². The smallest absolute Gasteiger partial charge is 0.283 e. The molecular weight excluding hydrogens is 465 g/mol. The molecule has 1 fully saturated rings. The van der Waals surface area contributed by atoms with Gasteiger partial charge in [-0.25, -0.2) is 13.8 Å². The number of alkyl halides is 3. The molecule has 0 amide bonds. The highest BCUT2D eigenvalue weighted by Crippen LogP contribution is 2.42. The molecule has 2 aliphatic heterocycles. The van der Waals surface area contributed by atoms with Crippen molar-refractivity contribution >= 4 is 27.4 Å². The van der Waals surface area contributed by atoms with Crippen LogP contribution < -0.4 is 5.32 Å². The summed E-state index contributed by atoms with van der Waals surface area (Å²) in [6, 6.07) is 3.43. The van der Waals surface area contributed by atoms with Crippen LogP contribution in [0, 0.1) is 0 Å². The van der Waals surface area contributed by atoms with Gasteiger partial charge in [-0.3, -0.25) is 19.2 Å². The monoisotopic (exact) mass is 494 g/mol. The third kappa shape index (κ3) is 4.53. The number of pyridine rings is 1. The Balaban J connectivity index is 1.39. The van der Waals surface area contributed by atoms with Gasteiger partial charge in [0.25, 0.3) is 5.92 Å². The number of likely N-dealkylation sites (tertiary alicyclic amines) is 1.